The van der Waals surface area contributed by atoms with Gasteiger partial charge in [-0.05, 0) is 39.5 Å². The van der Waals surface area contributed by atoms with Gasteiger partial charge in [-0.15, -0.1) is 11.3 Å². The number of carbonyl (C=O) groups excluding carboxylic acids is 1. The summed E-state index contributed by atoms with van der Waals surface area (Å²) in [5.41, 5.74) is 1.86. The zero-order chi connectivity index (χ0) is 21.7. The number of aromatic nitrogens is 4. The maximum atomic E-state index is 12.9. The van der Waals surface area contributed by atoms with Crippen molar-refractivity contribution < 1.29 is 4.79 Å². The van der Waals surface area contributed by atoms with Crippen molar-refractivity contribution in [2.75, 3.05) is 39.3 Å². The second-order valence-corrected chi connectivity index (χ2v) is 12.6. The third kappa shape index (κ3) is 3.04. The molecule has 0 bridgehead atoms. The van der Waals surface area contributed by atoms with Crippen LogP contribution in [-0.2, 0) is 6.54 Å². The lowest BCUT2D eigenvalue weighted by molar-refractivity contribution is -0.120. The molecule has 2 spiro atoms. The molecule has 0 aromatic carbocycles. The monoisotopic (exact) mass is 453 g/mol. The van der Waals surface area contributed by atoms with Gasteiger partial charge in [0.15, 0.2) is 5.82 Å². The summed E-state index contributed by atoms with van der Waals surface area (Å²) < 4.78 is 2.08. The van der Waals surface area contributed by atoms with E-state index >= 15 is 0 Å². The third-order valence-corrected chi connectivity index (χ3v) is 9.37. The first kappa shape index (κ1) is 19.5. The highest BCUT2D eigenvalue weighted by molar-refractivity contribution is 7.11. The van der Waals surface area contributed by atoms with Crippen LogP contribution in [0.2, 0.25) is 0 Å². The normalized spacial score (nSPS) is 26.1. The summed E-state index contributed by atoms with van der Waals surface area (Å²) in [7, 11) is 0. The van der Waals surface area contributed by atoms with Crippen molar-refractivity contribution >= 4 is 17.4 Å². The van der Waals surface area contributed by atoms with Crippen molar-refractivity contribution in [3.63, 3.8) is 0 Å². The lowest BCUT2D eigenvalue weighted by Crippen LogP contribution is -2.75. The minimum Gasteiger partial charge on any atom is -0.323 e. The molecule has 0 atom stereocenters. The molecule has 2 saturated carbocycles. The van der Waals surface area contributed by atoms with E-state index in [1.807, 2.05) is 17.7 Å². The Morgan fingerprint density at radius 3 is 2.38 bits per heavy atom. The fourth-order valence-electron chi connectivity index (χ4n) is 6.51. The van der Waals surface area contributed by atoms with Gasteiger partial charge in [0.1, 0.15) is 6.33 Å². The molecule has 3 aliphatic heterocycles. The summed E-state index contributed by atoms with van der Waals surface area (Å²) >= 11 is 1.82. The zero-order valence-corrected chi connectivity index (χ0v) is 19.8. The summed E-state index contributed by atoms with van der Waals surface area (Å²) in [6, 6.07) is 0.736. The molecule has 0 radical (unpaired) electrons. The van der Waals surface area contributed by atoms with Crippen molar-refractivity contribution in [2.24, 2.45) is 10.8 Å². The van der Waals surface area contributed by atoms with E-state index < -0.39 is 0 Å². The van der Waals surface area contributed by atoms with E-state index in [1.165, 1.54) is 23.4 Å². The van der Waals surface area contributed by atoms with Gasteiger partial charge in [-0.1, -0.05) is 0 Å². The summed E-state index contributed by atoms with van der Waals surface area (Å²) in [6.07, 6.45) is 6.69. The molecule has 2 aliphatic carbocycles. The van der Waals surface area contributed by atoms with Gasteiger partial charge in [-0.2, -0.15) is 5.10 Å². The molecule has 5 heterocycles. The number of amides is 2. The molecule has 2 aromatic heterocycles. The molecule has 32 heavy (non-hydrogen) atoms. The number of rotatable bonds is 4. The molecule has 8 nitrogen and oxygen atoms in total. The maximum absolute atomic E-state index is 12.9. The number of likely N-dealkylation sites (tertiary alicyclic amines) is 3. The number of aryl methyl sites for hydroxylation is 2. The van der Waals surface area contributed by atoms with Crippen LogP contribution in [0.5, 0.6) is 0 Å². The number of urea groups is 1. The van der Waals surface area contributed by atoms with Gasteiger partial charge in [0.2, 0.25) is 0 Å². The predicted octanol–water partition coefficient (Wildman–Crippen LogP) is 2.80. The Hall–Kier alpha value is -2.00. The van der Waals surface area contributed by atoms with Gasteiger partial charge < -0.3 is 9.80 Å². The summed E-state index contributed by atoms with van der Waals surface area (Å²) in [6.45, 7) is 11.1. The minimum absolute atomic E-state index is 0.258. The molecule has 2 aromatic rings. The Morgan fingerprint density at radius 1 is 1.06 bits per heavy atom. The van der Waals surface area contributed by atoms with Crippen LogP contribution in [0.4, 0.5) is 4.79 Å². The van der Waals surface area contributed by atoms with Crippen LogP contribution in [0.3, 0.4) is 0 Å². The molecule has 0 N–H and O–H groups in total. The molecule has 5 fully saturated rings. The quantitative estimate of drug-likeness (QED) is 0.712. The smallest absolute Gasteiger partial charge is 0.320 e. The van der Waals surface area contributed by atoms with E-state index in [9.17, 15) is 4.79 Å². The largest absolute Gasteiger partial charge is 0.323 e. The van der Waals surface area contributed by atoms with Crippen molar-refractivity contribution in [2.45, 2.75) is 58.0 Å². The molecule has 3 saturated heterocycles. The Bertz CT molecular complexity index is 1060. The predicted molar refractivity (Wildman–Crippen MR) is 121 cm³/mol. The van der Waals surface area contributed by atoms with E-state index in [1.54, 1.807) is 0 Å². The number of hydrogen-bond acceptors (Lipinski definition) is 6. The number of hydrogen-bond donors (Lipinski definition) is 0. The second-order valence-electron chi connectivity index (χ2n) is 11.3. The number of nitrogens with zero attached hydrogens (tertiary/aromatic N) is 7. The highest BCUT2D eigenvalue weighted by Gasteiger charge is 2.58. The van der Waals surface area contributed by atoms with Crippen LogP contribution in [0.1, 0.15) is 59.0 Å². The van der Waals surface area contributed by atoms with Crippen LogP contribution in [-0.4, -0.2) is 79.7 Å². The first-order chi connectivity index (χ1) is 15.4. The van der Waals surface area contributed by atoms with E-state index in [0.29, 0.717) is 22.8 Å². The van der Waals surface area contributed by atoms with Gasteiger partial charge in [0.05, 0.1) is 16.7 Å². The van der Waals surface area contributed by atoms with Crippen LogP contribution in [0, 0.1) is 24.7 Å². The Morgan fingerprint density at radius 2 is 1.75 bits per heavy atom. The van der Waals surface area contributed by atoms with Gasteiger partial charge in [-0.25, -0.2) is 19.4 Å². The van der Waals surface area contributed by atoms with Gasteiger partial charge >= 0.3 is 6.03 Å². The molecule has 7 rings (SSSR count). The Kier molecular flexibility index (Phi) is 3.97. The van der Waals surface area contributed by atoms with Crippen LogP contribution in [0.15, 0.2) is 6.33 Å². The fourth-order valence-corrected chi connectivity index (χ4v) is 7.49. The van der Waals surface area contributed by atoms with E-state index in [2.05, 4.69) is 43.2 Å². The van der Waals surface area contributed by atoms with E-state index in [4.69, 9.17) is 5.10 Å². The zero-order valence-electron chi connectivity index (χ0n) is 19.0. The Balaban J connectivity index is 0.858. The van der Waals surface area contributed by atoms with Crippen LogP contribution >= 0.6 is 11.3 Å². The highest BCUT2D eigenvalue weighted by atomic mass is 32.1. The lowest BCUT2D eigenvalue weighted by Gasteiger charge is -2.63. The van der Waals surface area contributed by atoms with Crippen molar-refractivity contribution in [1.82, 2.24) is 34.4 Å². The molecule has 5 aliphatic rings. The molecule has 9 heteroatoms. The molecule has 170 valence electrons. The minimum atomic E-state index is 0.258. The summed E-state index contributed by atoms with van der Waals surface area (Å²) in [4.78, 5) is 30.0. The molecular weight excluding hydrogens is 422 g/mol. The highest BCUT2D eigenvalue weighted by Crippen LogP contribution is 2.54. The standard InChI is InChI=1S/C23H31N7OS/c1-15-19(32-16(2)25-15)7-27-8-23(9-27)12-29(13-23)21(31)28-10-22(11-28)5-18(6-22)30-14-24-20(26-30)17-3-4-17/h14,17-18H,3-13H2,1-2H3. The summed E-state index contributed by atoms with van der Waals surface area (Å²) in [5.74, 6) is 1.65. The van der Waals surface area contributed by atoms with Gasteiger partial charge in [0, 0.05) is 67.4 Å². The molecule has 2 amide bonds. The van der Waals surface area contributed by atoms with E-state index in [0.717, 1.165) is 69.5 Å². The van der Waals surface area contributed by atoms with Gasteiger partial charge in [0.25, 0.3) is 0 Å². The van der Waals surface area contributed by atoms with E-state index in [-0.39, 0.29) is 6.03 Å². The third-order valence-electron chi connectivity index (χ3n) is 8.31. The molecular formula is C23H31N7OS. The summed E-state index contributed by atoms with van der Waals surface area (Å²) in [5, 5.41) is 5.86. The molecule has 0 unspecified atom stereocenters. The first-order valence-corrected chi connectivity index (χ1v) is 12.8. The average Bonchev–Trinajstić information content (AvgIpc) is 3.28. The first-order valence-electron chi connectivity index (χ1n) is 12.0. The number of carbonyl (C=O) groups is 1. The SMILES string of the molecule is Cc1nc(C)c(CN2CC3(C2)CN(C(=O)N2CC4(CC(n5cnc(C6CC6)n5)C4)C2)C3)s1. The second kappa shape index (κ2) is 6.53. The number of thiazole rings is 1. The van der Waals surface area contributed by atoms with Crippen LogP contribution in [0.25, 0.3) is 0 Å². The van der Waals surface area contributed by atoms with Crippen molar-refractivity contribution in [3.05, 3.63) is 27.7 Å². The average molecular weight is 454 g/mol. The van der Waals surface area contributed by atoms with Gasteiger partial charge in [-0.3, -0.25) is 4.90 Å². The van der Waals surface area contributed by atoms with Crippen molar-refractivity contribution in [3.8, 4) is 0 Å². The fraction of sp³-hybridized carbons (Fsp3) is 0.739. The van der Waals surface area contributed by atoms with Crippen molar-refractivity contribution in [1.29, 1.82) is 0 Å². The lowest BCUT2D eigenvalue weighted by atomic mass is 9.60. The topological polar surface area (TPSA) is 70.4 Å². The maximum Gasteiger partial charge on any atom is 0.320 e. The van der Waals surface area contributed by atoms with Crippen LogP contribution < -0.4 is 0 Å². The Labute approximate surface area is 192 Å².